The summed E-state index contributed by atoms with van der Waals surface area (Å²) < 4.78 is 6.96. The number of nitrogens with one attached hydrogen (secondary N) is 1. The molecular weight excluding hydrogens is 318 g/mol. The highest BCUT2D eigenvalue weighted by molar-refractivity contribution is 6.01. The Balaban J connectivity index is 1.59. The maximum Gasteiger partial charge on any atom is 0.297 e. The van der Waals surface area contributed by atoms with Crippen LogP contribution in [-0.2, 0) is 11.3 Å². The van der Waals surface area contributed by atoms with Gasteiger partial charge in [0.1, 0.15) is 17.6 Å². The fourth-order valence-electron chi connectivity index (χ4n) is 3.67. The summed E-state index contributed by atoms with van der Waals surface area (Å²) >= 11 is 0. The monoisotopic (exact) mass is 339 g/mol. The summed E-state index contributed by atoms with van der Waals surface area (Å²) in [6, 6.07) is 7.60. The molecule has 25 heavy (non-hydrogen) atoms. The highest BCUT2D eigenvalue weighted by Crippen LogP contribution is 2.25. The Hall–Kier alpha value is -2.63. The Morgan fingerprint density at radius 3 is 2.96 bits per heavy atom. The maximum atomic E-state index is 12.6. The van der Waals surface area contributed by atoms with Crippen LogP contribution in [0.5, 0.6) is 0 Å². The number of carbonyl (C=O) groups excluding carboxylic acids is 1. The van der Waals surface area contributed by atoms with Crippen molar-refractivity contribution in [1.29, 1.82) is 0 Å². The molecule has 0 saturated heterocycles. The predicted octanol–water partition coefficient (Wildman–Crippen LogP) is 2.84. The molecule has 1 aliphatic carbocycles. The minimum absolute atomic E-state index is 0.0396. The van der Waals surface area contributed by atoms with Gasteiger partial charge in [0.15, 0.2) is 0 Å². The molecule has 0 spiro atoms. The normalized spacial score (nSPS) is 20.8. The summed E-state index contributed by atoms with van der Waals surface area (Å²) in [5, 5.41) is 3.87. The molecule has 1 N–H and O–H groups in total. The van der Waals surface area contributed by atoms with Crippen LogP contribution in [0.15, 0.2) is 39.8 Å². The molecule has 0 radical (unpaired) electrons. The maximum absolute atomic E-state index is 12.6. The minimum Gasteiger partial charge on any atom is -0.448 e. The zero-order valence-corrected chi connectivity index (χ0v) is 14.2. The number of nitrogens with zero attached hydrogens (tertiary/aromatic N) is 2. The molecule has 1 saturated carbocycles. The second-order valence-electron chi connectivity index (χ2n) is 6.89. The molecule has 6 nitrogen and oxygen atoms in total. The fraction of sp³-hybridized carbons (Fsp3) is 0.421. The first-order valence-corrected chi connectivity index (χ1v) is 8.79. The largest absolute Gasteiger partial charge is 0.448 e. The number of hydrogen-bond donors (Lipinski definition) is 1. The van der Waals surface area contributed by atoms with E-state index in [2.05, 4.69) is 17.2 Å². The van der Waals surface area contributed by atoms with Crippen molar-refractivity contribution in [2.24, 2.45) is 5.92 Å². The lowest BCUT2D eigenvalue weighted by atomic mass is 9.86. The van der Waals surface area contributed by atoms with Crippen LogP contribution in [0.1, 0.15) is 32.6 Å². The zero-order valence-electron chi connectivity index (χ0n) is 14.2. The summed E-state index contributed by atoms with van der Waals surface area (Å²) in [5.41, 5.74) is 1.04. The van der Waals surface area contributed by atoms with Crippen molar-refractivity contribution >= 4 is 28.0 Å². The summed E-state index contributed by atoms with van der Waals surface area (Å²) in [7, 11) is 0. The van der Waals surface area contributed by atoms with Gasteiger partial charge in [-0.1, -0.05) is 31.9 Å². The summed E-state index contributed by atoms with van der Waals surface area (Å²) in [6.07, 6.45) is 5.93. The number of rotatable bonds is 3. The molecule has 4 rings (SSSR count). The van der Waals surface area contributed by atoms with Crippen LogP contribution in [0, 0.1) is 5.92 Å². The van der Waals surface area contributed by atoms with Crippen molar-refractivity contribution in [3.63, 3.8) is 0 Å². The molecule has 3 aromatic rings. The molecule has 0 aliphatic heterocycles. The standard InChI is InChI=1S/C19H21N3O3/c1-12-6-2-4-8-14(12)21-16(23)10-22-11-20-17-13-7-3-5-9-15(13)25-18(17)19(22)24/h3,5,7,9,11-12,14H,2,4,6,8,10H2,1H3,(H,21,23)/t12-,14-/m0/s1. The lowest BCUT2D eigenvalue weighted by Crippen LogP contribution is -2.43. The van der Waals surface area contributed by atoms with E-state index in [-0.39, 0.29) is 29.6 Å². The van der Waals surface area contributed by atoms with Gasteiger partial charge < -0.3 is 9.73 Å². The molecule has 130 valence electrons. The molecule has 1 amide bonds. The van der Waals surface area contributed by atoms with Crippen LogP contribution in [0.25, 0.3) is 22.1 Å². The van der Waals surface area contributed by atoms with E-state index >= 15 is 0 Å². The van der Waals surface area contributed by atoms with E-state index in [9.17, 15) is 9.59 Å². The number of para-hydroxylation sites is 1. The average Bonchev–Trinajstić information content (AvgIpc) is 2.99. The van der Waals surface area contributed by atoms with Gasteiger partial charge in [0.2, 0.25) is 11.5 Å². The molecule has 1 aliphatic rings. The van der Waals surface area contributed by atoms with Crippen LogP contribution in [0.2, 0.25) is 0 Å². The second-order valence-corrected chi connectivity index (χ2v) is 6.89. The van der Waals surface area contributed by atoms with Crippen LogP contribution in [0.3, 0.4) is 0 Å². The molecule has 0 bridgehead atoms. The average molecular weight is 339 g/mol. The lowest BCUT2D eigenvalue weighted by Gasteiger charge is -2.29. The number of amides is 1. The number of furan rings is 1. The zero-order chi connectivity index (χ0) is 17.4. The summed E-state index contributed by atoms with van der Waals surface area (Å²) in [4.78, 5) is 29.3. The second kappa shape index (κ2) is 6.35. The van der Waals surface area contributed by atoms with E-state index in [1.165, 1.54) is 17.3 Å². The Morgan fingerprint density at radius 1 is 1.32 bits per heavy atom. The van der Waals surface area contributed by atoms with E-state index in [0.717, 1.165) is 24.6 Å². The minimum atomic E-state index is -0.326. The van der Waals surface area contributed by atoms with Gasteiger partial charge in [-0.2, -0.15) is 0 Å². The van der Waals surface area contributed by atoms with Gasteiger partial charge in [-0.25, -0.2) is 4.98 Å². The summed E-state index contributed by atoms with van der Waals surface area (Å²) in [5.74, 6) is 0.323. The van der Waals surface area contributed by atoms with Crippen molar-refractivity contribution in [1.82, 2.24) is 14.9 Å². The van der Waals surface area contributed by atoms with Crippen LogP contribution in [0.4, 0.5) is 0 Å². The van der Waals surface area contributed by atoms with Gasteiger partial charge in [0, 0.05) is 11.4 Å². The lowest BCUT2D eigenvalue weighted by molar-refractivity contribution is -0.123. The van der Waals surface area contributed by atoms with Crippen molar-refractivity contribution < 1.29 is 9.21 Å². The van der Waals surface area contributed by atoms with Crippen molar-refractivity contribution in [3.05, 3.63) is 40.9 Å². The van der Waals surface area contributed by atoms with Gasteiger partial charge in [0.25, 0.3) is 5.56 Å². The first kappa shape index (κ1) is 15.9. The first-order valence-electron chi connectivity index (χ1n) is 8.79. The van der Waals surface area contributed by atoms with Crippen molar-refractivity contribution in [2.45, 2.75) is 45.2 Å². The molecule has 1 fully saturated rings. The Bertz CT molecular complexity index is 988. The van der Waals surface area contributed by atoms with E-state index in [0.29, 0.717) is 17.0 Å². The van der Waals surface area contributed by atoms with Gasteiger partial charge in [-0.05, 0) is 30.9 Å². The van der Waals surface area contributed by atoms with Gasteiger partial charge in [-0.3, -0.25) is 14.2 Å². The molecule has 2 heterocycles. The first-order chi connectivity index (χ1) is 12.1. The number of benzene rings is 1. The van der Waals surface area contributed by atoms with Crippen LogP contribution in [-0.4, -0.2) is 21.5 Å². The third-order valence-electron chi connectivity index (χ3n) is 5.12. The molecular formula is C19H21N3O3. The highest BCUT2D eigenvalue weighted by Gasteiger charge is 2.23. The van der Waals surface area contributed by atoms with Crippen LogP contribution >= 0.6 is 0 Å². The quantitative estimate of drug-likeness (QED) is 0.796. The van der Waals surface area contributed by atoms with E-state index in [1.54, 1.807) is 6.07 Å². The Labute approximate surface area is 144 Å². The molecule has 2 atom stereocenters. The number of fused-ring (bicyclic) bond motifs is 3. The van der Waals surface area contributed by atoms with E-state index in [4.69, 9.17) is 4.42 Å². The highest BCUT2D eigenvalue weighted by atomic mass is 16.3. The van der Waals surface area contributed by atoms with Crippen molar-refractivity contribution in [3.8, 4) is 0 Å². The molecule has 2 aromatic heterocycles. The third-order valence-corrected chi connectivity index (χ3v) is 5.12. The smallest absolute Gasteiger partial charge is 0.297 e. The van der Waals surface area contributed by atoms with Gasteiger partial charge in [0.05, 0.1) is 6.33 Å². The molecule has 6 heteroatoms. The summed E-state index contributed by atoms with van der Waals surface area (Å²) in [6.45, 7) is 2.13. The molecule has 1 aromatic carbocycles. The van der Waals surface area contributed by atoms with Crippen LogP contribution < -0.4 is 10.9 Å². The number of carbonyl (C=O) groups is 1. The van der Waals surface area contributed by atoms with Crippen molar-refractivity contribution in [2.75, 3.05) is 0 Å². The Morgan fingerprint density at radius 2 is 2.12 bits per heavy atom. The Kier molecular flexibility index (Phi) is 4.03. The predicted molar refractivity (Wildman–Crippen MR) is 95.3 cm³/mol. The number of hydrogen-bond acceptors (Lipinski definition) is 4. The van der Waals surface area contributed by atoms with E-state index in [1.807, 2.05) is 18.2 Å². The van der Waals surface area contributed by atoms with Gasteiger partial charge >= 0.3 is 0 Å². The SMILES string of the molecule is C[C@H]1CCCC[C@@H]1NC(=O)Cn1cnc2c(oc3ccccc32)c1=O. The third kappa shape index (κ3) is 2.92. The van der Waals surface area contributed by atoms with Gasteiger partial charge in [-0.15, -0.1) is 0 Å². The van der Waals surface area contributed by atoms with E-state index < -0.39 is 0 Å². The fourth-order valence-corrected chi connectivity index (χ4v) is 3.67. The number of aromatic nitrogens is 2. The molecule has 0 unspecified atom stereocenters. The topological polar surface area (TPSA) is 77.1 Å².